The minimum absolute atomic E-state index is 0.106. The molecule has 128 valence electrons. The molecular formula is C18H20N6O. The summed E-state index contributed by atoms with van der Waals surface area (Å²) >= 11 is 0. The van der Waals surface area contributed by atoms with E-state index < -0.39 is 6.98 Å². The number of amides is 1. The number of carbonyl (C=O) groups is 1. The van der Waals surface area contributed by atoms with Gasteiger partial charge in [0.05, 0.1) is 18.3 Å². The van der Waals surface area contributed by atoms with Crippen LogP contribution < -0.4 is 5.32 Å². The Kier molecular flexibility index (Phi) is 3.31. The van der Waals surface area contributed by atoms with Crippen molar-refractivity contribution in [2.75, 3.05) is 25.0 Å². The topological polar surface area (TPSA) is 75.9 Å². The van der Waals surface area contributed by atoms with Gasteiger partial charge in [-0.05, 0) is 49.7 Å². The number of aryl methyl sites for hydroxylation is 1. The van der Waals surface area contributed by atoms with E-state index in [1.165, 1.54) is 12.4 Å². The first-order valence-corrected chi connectivity index (χ1v) is 8.24. The van der Waals surface area contributed by atoms with Crippen molar-refractivity contribution in [1.29, 1.82) is 0 Å². The Morgan fingerprint density at radius 1 is 1.24 bits per heavy atom. The molecule has 1 aromatic carbocycles. The van der Waals surface area contributed by atoms with Crippen LogP contribution in [0, 0.1) is 0 Å². The van der Waals surface area contributed by atoms with E-state index in [0.717, 1.165) is 41.6 Å². The summed E-state index contributed by atoms with van der Waals surface area (Å²) in [7, 11) is 0. The fourth-order valence-electron chi connectivity index (χ4n) is 3.08. The Morgan fingerprint density at radius 2 is 2.12 bits per heavy atom. The average Bonchev–Trinajstić information content (AvgIpc) is 3.32. The quantitative estimate of drug-likeness (QED) is 0.787. The summed E-state index contributed by atoms with van der Waals surface area (Å²) in [5, 5.41) is 15.7. The Balaban J connectivity index is 1.55. The van der Waals surface area contributed by atoms with Crippen LogP contribution in [0.3, 0.4) is 0 Å². The molecule has 0 atom stereocenters. The van der Waals surface area contributed by atoms with Gasteiger partial charge in [0.15, 0.2) is 5.82 Å². The molecule has 1 fully saturated rings. The van der Waals surface area contributed by atoms with E-state index in [1.807, 2.05) is 12.1 Å². The molecule has 3 aromatic rings. The van der Waals surface area contributed by atoms with Gasteiger partial charge in [-0.1, -0.05) is 6.07 Å². The normalized spacial score (nSPS) is 17.2. The SMILES string of the molecule is [2H]C([2H])([2H])n1cc(-c2ccc3nnc(NC(=O)CN4CCCC4)cc3c2)cn1. The summed E-state index contributed by atoms with van der Waals surface area (Å²) in [5.41, 5.74) is 2.18. The van der Waals surface area contributed by atoms with E-state index in [4.69, 9.17) is 4.11 Å². The van der Waals surface area contributed by atoms with Gasteiger partial charge in [0, 0.05) is 28.2 Å². The second-order valence-electron chi connectivity index (χ2n) is 6.21. The number of benzene rings is 1. The molecule has 7 nitrogen and oxygen atoms in total. The van der Waals surface area contributed by atoms with Crippen LogP contribution in [0.2, 0.25) is 0 Å². The number of hydrogen-bond donors (Lipinski definition) is 1. The molecule has 0 aliphatic carbocycles. The fraction of sp³-hybridized carbons (Fsp3) is 0.333. The average molecular weight is 339 g/mol. The number of fused-ring (bicyclic) bond motifs is 1. The summed E-state index contributed by atoms with van der Waals surface area (Å²) in [6.07, 6.45) is 5.26. The van der Waals surface area contributed by atoms with Crippen LogP contribution in [0.15, 0.2) is 36.7 Å². The first-order valence-electron chi connectivity index (χ1n) is 9.74. The predicted octanol–water partition coefficient (Wildman–Crippen LogP) is 2.06. The first kappa shape index (κ1) is 12.5. The smallest absolute Gasteiger partial charge is 0.239 e. The molecule has 1 saturated heterocycles. The number of carbonyl (C=O) groups excluding carboxylic acids is 1. The molecule has 0 unspecified atom stereocenters. The van der Waals surface area contributed by atoms with Crippen LogP contribution in [0.1, 0.15) is 17.0 Å². The van der Waals surface area contributed by atoms with Crippen LogP contribution in [0.4, 0.5) is 5.82 Å². The molecule has 4 rings (SSSR count). The zero-order chi connectivity index (χ0) is 19.7. The molecule has 3 heterocycles. The lowest BCUT2D eigenvalue weighted by atomic mass is 10.1. The van der Waals surface area contributed by atoms with Gasteiger partial charge in [0.25, 0.3) is 0 Å². The molecule has 7 heteroatoms. The van der Waals surface area contributed by atoms with Crippen molar-refractivity contribution in [3.8, 4) is 11.1 Å². The molecule has 1 amide bonds. The molecule has 0 radical (unpaired) electrons. The predicted molar refractivity (Wildman–Crippen MR) is 96.0 cm³/mol. The van der Waals surface area contributed by atoms with Gasteiger partial charge < -0.3 is 5.32 Å². The molecule has 2 aromatic heterocycles. The van der Waals surface area contributed by atoms with Crippen LogP contribution in [0.5, 0.6) is 0 Å². The van der Waals surface area contributed by atoms with E-state index in [2.05, 4.69) is 25.5 Å². The maximum absolute atomic E-state index is 12.2. The lowest BCUT2D eigenvalue weighted by Gasteiger charge is -2.13. The largest absolute Gasteiger partial charge is 0.308 e. The maximum atomic E-state index is 12.2. The molecule has 1 aliphatic rings. The minimum atomic E-state index is -2.31. The standard InChI is InChI=1S/C18H20N6O/c1-23-11-15(10-19-23)13-4-5-16-14(8-13)9-17(22-21-16)20-18(25)12-24-6-2-3-7-24/h4-5,8-11H,2-3,6-7,12H2,1H3,(H,20,22,25)/i1D3. The second-order valence-corrected chi connectivity index (χ2v) is 6.21. The number of likely N-dealkylation sites (tertiary alicyclic amines) is 1. The van der Waals surface area contributed by atoms with E-state index in [0.29, 0.717) is 23.4 Å². The van der Waals surface area contributed by atoms with Gasteiger partial charge >= 0.3 is 0 Å². The number of rotatable bonds is 4. The monoisotopic (exact) mass is 339 g/mol. The Hall–Kier alpha value is -2.80. The molecular weight excluding hydrogens is 316 g/mol. The maximum Gasteiger partial charge on any atom is 0.239 e. The number of hydrogen-bond acceptors (Lipinski definition) is 5. The molecule has 0 bridgehead atoms. The molecule has 0 saturated carbocycles. The van der Waals surface area contributed by atoms with Crippen molar-refractivity contribution in [1.82, 2.24) is 24.9 Å². The minimum Gasteiger partial charge on any atom is -0.308 e. The third-order valence-corrected chi connectivity index (χ3v) is 4.33. The zero-order valence-corrected chi connectivity index (χ0v) is 13.6. The van der Waals surface area contributed by atoms with Crippen LogP contribution >= 0.6 is 0 Å². The number of nitrogens with zero attached hydrogens (tertiary/aromatic N) is 5. The number of nitrogens with one attached hydrogen (secondary N) is 1. The van der Waals surface area contributed by atoms with Gasteiger partial charge in [-0.2, -0.15) is 5.10 Å². The van der Waals surface area contributed by atoms with Gasteiger partial charge in [0.1, 0.15) is 0 Å². The van der Waals surface area contributed by atoms with Crippen molar-refractivity contribution in [3.05, 3.63) is 36.7 Å². The highest BCUT2D eigenvalue weighted by Gasteiger charge is 2.15. The highest BCUT2D eigenvalue weighted by molar-refractivity contribution is 5.93. The molecule has 1 aliphatic heterocycles. The second kappa shape index (κ2) is 6.60. The van der Waals surface area contributed by atoms with Gasteiger partial charge in [-0.25, -0.2) is 0 Å². The number of aromatic nitrogens is 4. The van der Waals surface area contributed by atoms with Crippen molar-refractivity contribution in [2.45, 2.75) is 12.8 Å². The lowest BCUT2D eigenvalue weighted by Crippen LogP contribution is -2.31. The Labute approximate surface area is 149 Å². The molecule has 0 spiro atoms. The van der Waals surface area contributed by atoms with Gasteiger partial charge in [-0.15, -0.1) is 10.2 Å². The Morgan fingerprint density at radius 3 is 2.92 bits per heavy atom. The van der Waals surface area contributed by atoms with Crippen LogP contribution in [0.25, 0.3) is 22.0 Å². The van der Waals surface area contributed by atoms with Gasteiger partial charge in [-0.3, -0.25) is 14.4 Å². The summed E-state index contributed by atoms with van der Waals surface area (Å²) in [5.74, 6) is 0.290. The van der Waals surface area contributed by atoms with Gasteiger partial charge in [0.2, 0.25) is 5.91 Å². The van der Waals surface area contributed by atoms with Crippen LogP contribution in [-0.4, -0.2) is 50.4 Å². The Bertz CT molecular complexity index is 1010. The fourth-order valence-corrected chi connectivity index (χ4v) is 3.08. The number of anilines is 1. The molecule has 25 heavy (non-hydrogen) atoms. The zero-order valence-electron chi connectivity index (χ0n) is 16.6. The highest BCUT2D eigenvalue weighted by Crippen LogP contribution is 2.24. The highest BCUT2D eigenvalue weighted by atomic mass is 16.2. The van der Waals surface area contributed by atoms with Crippen molar-refractivity contribution < 1.29 is 8.91 Å². The summed E-state index contributed by atoms with van der Waals surface area (Å²) in [4.78, 5) is 14.3. The summed E-state index contributed by atoms with van der Waals surface area (Å²) in [6, 6.07) is 7.28. The van der Waals surface area contributed by atoms with Crippen molar-refractivity contribution in [3.63, 3.8) is 0 Å². The lowest BCUT2D eigenvalue weighted by molar-refractivity contribution is -0.117. The third kappa shape index (κ3) is 3.51. The van der Waals surface area contributed by atoms with Crippen molar-refractivity contribution >= 4 is 22.6 Å². The van der Waals surface area contributed by atoms with E-state index >= 15 is 0 Å². The van der Waals surface area contributed by atoms with E-state index in [1.54, 1.807) is 12.1 Å². The van der Waals surface area contributed by atoms with Crippen LogP contribution in [-0.2, 0) is 11.8 Å². The molecule has 1 N–H and O–H groups in total. The third-order valence-electron chi connectivity index (χ3n) is 4.33. The van der Waals surface area contributed by atoms with E-state index in [-0.39, 0.29) is 5.91 Å². The van der Waals surface area contributed by atoms with E-state index in [9.17, 15) is 4.79 Å². The first-order chi connectivity index (χ1) is 13.4. The van der Waals surface area contributed by atoms with Crippen molar-refractivity contribution in [2.24, 2.45) is 6.98 Å². The summed E-state index contributed by atoms with van der Waals surface area (Å²) in [6.45, 7) is -0.0599. The summed E-state index contributed by atoms with van der Waals surface area (Å²) < 4.78 is 23.2.